The summed E-state index contributed by atoms with van der Waals surface area (Å²) in [7, 11) is 4.51. The summed E-state index contributed by atoms with van der Waals surface area (Å²) < 4.78 is 28.1. The highest BCUT2D eigenvalue weighted by molar-refractivity contribution is 5.91. The van der Waals surface area contributed by atoms with Gasteiger partial charge in [0.1, 0.15) is 12.2 Å². The number of carbonyl (C=O) groups excluding carboxylic acids is 1. The number of aliphatic hydroxyl groups is 1. The van der Waals surface area contributed by atoms with E-state index in [0.29, 0.717) is 29.2 Å². The van der Waals surface area contributed by atoms with Crippen LogP contribution in [0.1, 0.15) is 57.3 Å². The molecule has 0 amide bonds. The van der Waals surface area contributed by atoms with Gasteiger partial charge >= 0.3 is 5.97 Å². The number of esters is 1. The number of rotatable bonds is 6. The Kier molecular flexibility index (Phi) is 7.40. The fourth-order valence-corrected chi connectivity index (χ4v) is 4.80. The van der Waals surface area contributed by atoms with Gasteiger partial charge in [-0.3, -0.25) is 0 Å². The maximum atomic E-state index is 13.2. The Morgan fingerprint density at radius 2 is 1.78 bits per heavy atom. The number of aliphatic hydroxyl groups excluding tert-OH is 1. The van der Waals surface area contributed by atoms with Crippen LogP contribution in [0.4, 0.5) is 0 Å². The first-order chi connectivity index (χ1) is 15.1. The lowest BCUT2D eigenvalue weighted by molar-refractivity contribution is -0.0419. The molecule has 3 rings (SSSR count). The molecule has 1 N–H and O–H groups in total. The van der Waals surface area contributed by atoms with E-state index >= 15 is 0 Å². The zero-order valence-electron chi connectivity index (χ0n) is 20.1. The number of fused-ring (bicyclic) bond motifs is 1. The van der Waals surface area contributed by atoms with Crippen molar-refractivity contribution in [2.45, 2.75) is 70.9 Å². The van der Waals surface area contributed by atoms with E-state index in [1.165, 1.54) is 21.3 Å². The summed E-state index contributed by atoms with van der Waals surface area (Å²) in [6.07, 6.45) is 3.00. The van der Waals surface area contributed by atoms with Crippen LogP contribution in [-0.4, -0.2) is 56.3 Å². The van der Waals surface area contributed by atoms with Gasteiger partial charge in [-0.15, -0.1) is 0 Å². The highest BCUT2D eigenvalue weighted by Crippen LogP contribution is 2.47. The molecular formula is C25H36O7. The first-order valence-electron chi connectivity index (χ1n) is 11.2. The topological polar surface area (TPSA) is 86.8 Å². The van der Waals surface area contributed by atoms with Crippen LogP contribution in [0.5, 0.6) is 17.2 Å². The second-order valence-electron chi connectivity index (χ2n) is 9.31. The highest BCUT2D eigenvalue weighted by atomic mass is 16.6. The molecule has 0 spiro atoms. The van der Waals surface area contributed by atoms with Crippen molar-refractivity contribution in [2.75, 3.05) is 21.3 Å². The van der Waals surface area contributed by atoms with Crippen molar-refractivity contribution in [1.82, 2.24) is 0 Å². The molecule has 7 nitrogen and oxygen atoms in total. The van der Waals surface area contributed by atoms with Gasteiger partial charge in [-0.2, -0.15) is 0 Å². The van der Waals surface area contributed by atoms with Crippen molar-refractivity contribution in [3.8, 4) is 17.2 Å². The van der Waals surface area contributed by atoms with Crippen LogP contribution >= 0.6 is 0 Å². The lowest BCUT2D eigenvalue weighted by Gasteiger charge is -2.34. The van der Waals surface area contributed by atoms with Gasteiger partial charge in [0.05, 0.1) is 38.6 Å². The van der Waals surface area contributed by atoms with E-state index in [1.807, 2.05) is 27.7 Å². The van der Waals surface area contributed by atoms with Gasteiger partial charge in [-0.05, 0) is 44.7 Å². The summed E-state index contributed by atoms with van der Waals surface area (Å²) in [5.41, 5.74) is 1.10. The van der Waals surface area contributed by atoms with Crippen molar-refractivity contribution < 1.29 is 33.6 Å². The molecule has 1 aliphatic carbocycles. The number of epoxide rings is 1. The zero-order valence-corrected chi connectivity index (χ0v) is 20.1. The lowest BCUT2D eigenvalue weighted by atomic mass is 9.78. The molecular weight excluding hydrogens is 412 g/mol. The highest BCUT2D eigenvalue weighted by Gasteiger charge is 2.58. The SMILES string of the molecule is COc1cc(C(=O)O[C@H]2C/C(C)=C/CC[C@]3(C)O[C@@H]3[C@H](O)[C@H]2C(C)C)cc(OC)c1OC. The summed E-state index contributed by atoms with van der Waals surface area (Å²) in [5, 5.41) is 11.2. The Morgan fingerprint density at radius 3 is 2.31 bits per heavy atom. The van der Waals surface area contributed by atoms with Gasteiger partial charge in [0, 0.05) is 12.3 Å². The molecule has 1 fully saturated rings. The van der Waals surface area contributed by atoms with Gasteiger partial charge in [0.2, 0.25) is 5.75 Å². The van der Waals surface area contributed by atoms with E-state index in [9.17, 15) is 9.90 Å². The first-order valence-corrected chi connectivity index (χ1v) is 11.2. The second-order valence-corrected chi connectivity index (χ2v) is 9.31. The molecule has 1 heterocycles. The number of ether oxygens (including phenoxy) is 5. The fourth-order valence-electron chi connectivity index (χ4n) is 4.80. The van der Waals surface area contributed by atoms with Crippen LogP contribution in [0.2, 0.25) is 0 Å². The molecule has 1 aromatic rings. The predicted molar refractivity (Wildman–Crippen MR) is 121 cm³/mol. The molecule has 2 aliphatic rings. The third-order valence-corrected chi connectivity index (χ3v) is 6.66. The van der Waals surface area contributed by atoms with E-state index < -0.39 is 18.2 Å². The Morgan fingerprint density at radius 1 is 1.16 bits per heavy atom. The Labute approximate surface area is 190 Å². The average molecular weight is 449 g/mol. The molecule has 32 heavy (non-hydrogen) atoms. The number of benzene rings is 1. The minimum Gasteiger partial charge on any atom is -0.493 e. The quantitative estimate of drug-likeness (QED) is 0.397. The molecule has 5 atom stereocenters. The summed E-state index contributed by atoms with van der Waals surface area (Å²) in [5.74, 6) is 0.477. The van der Waals surface area contributed by atoms with Crippen molar-refractivity contribution in [2.24, 2.45) is 11.8 Å². The van der Waals surface area contributed by atoms with Crippen LogP contribution in [-0.2, 0) is 9.47 Å². The van der Waals surface area contributed by atoms with Gasteiger partial charge in [0.15, 0.2) is 11.5 Å². The van der Waals surface area contributed by atoms with Crippen molar-refractivity contribution in [3.05, 3.63) is 29.3 Å². The maximum Gasteiger partial charge on any atom is 0.338 e. The number of carbonyl (C=O) groups is 1. The number of hydrogen-bond acceptors (Lipinski definition) is 7. The minimum absolute atomic E-state index is 0.0865. The van der Waals surface area contributed by atoms with E-state index in [-0.39, 0.29) is 23.5 Å². The minimum atomic E-state index is -0.719. The molecule has 178 valence electrons. The molecule has 0 radical (unpaired) electrons. The molecule has 1 aliphatic heterocycles. The van der Waals surface area contributed by atoms with Gasteiger partial charge in [0.25, 0.3) is 0 Å². The number of allylic oxidation sites excluding steroid dienone is 1. The van der Waals surface area contributed by atoms with E-state index in [1.54, 1.807) is 12.1 Å². The first kappa shape index (κ1) is 24.4. The molecule has 1 aromatic carbocycles. The maximum absolute atomic E-state index is 13.2. The van der Waals surface area contributed by atoms with Crippen LogP contribution < -0.4 is 14.2 Å². The molecule has 0 saturated carbocycles. The van der Waals surface area contributed by atoms with Crippen molar-refractivity contribution in [1.29, 1.82) is 0 Å². The van der Waals surface area contributed by atoms with Crippen LogP contribution in [0.25, 0.3) is 0 Å². The van der Waals surface area contributed by atoms with Gasteiger partial charge in [-0.1, -0.05) is 25.5 Å². The summed E-state index contributed by atoms with van der Waals surface area (Å²) in [6.45, 7) is 8.16. The molecule has 7 heteroatoms. The summed E-state index contributed by atoms with van der Waals surface area (Å²) in [4.78, 5) is 13.2. The van der Waals surface area contributed by atoms with Gasteiger partial charge < -0.3 is 28.8 Å². The zero-order chi connectivity index (χ0) is 23.6. The van der Waals surface area contributed by atoms with Crippen LogP contribution in [0.15, 0.2) is 23.8 Å². The van der Waals surface area contributed by atoms with E-state index in [4.69, 9.17) is 23.7 Å². The Bertz CT molecular complexity index is 837. The summed E-state index contributed by atoms with van der Waals surface area (Å²) in [6, 6.07) is 3.16. The summed E-state index contributed by atoms with van der Waals surface area (Å²) >= 11 is 0. The third-order valence-electron chi connectivity index (χ3n) is 6.66. The van der Waals surface area contributed by atoms with Gasteiger partial charge in [-0.25, -0.2) is 4.79 Å². The Balaban J connectivity index is 1.93. The molecule has 0 bridgehead atoms. The molecule has 0 aromatic heterocycles. The number of hydrogen-bond donors (Lipinski definition) is 1. The standard InChI is InChI=1S/C25H36O7/c1-14(2)20-17(11-15(3)9-8-10-25(4)23(32-25)21(20)26)31-24(27)16-12-18(28-5)22(30-7)19(13-16)29-6/h9,12-14,17,20-21,23,26H,8,10-11H2,1-7H3/b15-9+/t17-,20-,21+,23+,25-/m0/s1. The Hall–Kier alpha value is -2.25. The van der Waals surface area contributed by atoms with Crippen molar-refractivity contribution in [3.63, 3.8) is 0 Å². The average Bonchev–Trinajstić information content (AvgIpc) is 3.43. The van der Waals surface area contributed by atoms with Crippen LogP contribution in [0.3, 0.4) is 0 Å². The van der Waals surface area contributed by atoms with E-state index in [2.05, 4.69) is 6.08 Å². The van der Waals surface area contributed by atoms with Crippen molar-refractivity contribution >= 4 is 5.97 Å². The predicted octanol–water partition coefficient (Wildman–Crippen LogP) is 4.16. The smallest absolute Gasteiger partial charge is 0.338 e. The monoisotopic (exact) mass is 448 g/mol. The largest absolute Gasteiger partial charge is 0.493 e. The van der Waals surface area contributed by atoms with Crippen LogP contribution in [0, 0.1) is 11.8 Å². The lowest BCUT2D eigenvalue weighted by Crippen LogP contribution is -2.43. The third kappa shape index (κ3) is 4.89. The fraction of sp³-hybridized carbons (Fsp3) is 0.640. The van der Waals surface area contributed by atoms with E-state index in [0.717, 1.165) is 18.4 Å². The number of methoxy groups -OCH3 is 3. The molecule has 1 saturated heterocycles. The normalized spacial score (nSPS) is 31.7. The second kappa shape index (κ2) is 9.71. The molecule has 0 unspecified atom stereocenters.